The standard InChI is InChI=1S/C9H21NO2/c1-9(2)8-12-7-5-10-4-3-6-11/h9-11H,3-8H2,1-2H3. The Morgan fingerprint density at radius 1 is 1.33 bits per heavy atom. The minimum Gasteiger partial charge on any atom is -0.396 e. The van der Waals surface area contributed by atoms with Crippen molar-refractivity contribution in [3.8, 4) is 0 Å². The molecule has 0 aromatic heterocycles. The van der Waals surface area contributed by atoms with Crippen molar-refractivity contribution >= 4 is 0 Å². The van der Waals surface area contributed by atoms with Crippen molar-refractivity contribution in [3.05, 3.63) is 0 Å². The maximum absolute atomic E-state index is 8.47. The molecule has 74 valence electrons. The van der Waals surface area contributed by atoms with Crippen molar-refractivity contribution in [1.82, 2.24) is 5.32 Å². The highest BCUT2D eigenvalue weighted by molar-refractivity contribution is 4.46. The first kappa shape index (κ1) is 11.9. The van der Waals surface area contributed by atoms with Gasteiger partial charge in [0.25, 0.3) is 0 Å². The summed E-state index contributed by atoms with van der Waals surface area (Å²) >= 11 is 0. The van der Waals surface area contributed by atoms with Gasteiger partial charge in [-0.25, -0.2) is 0 Å². The summed E-state index contributed by atoms with van der Waals surface area (Å²) in [5.74, 6) is 0.613. The highest BCUT2D eigenvalue weighted by atomic mass is 16.5. The van der Waals surface area contributed by atoms with Gasteiger partial charge in [0.15, 0.2) is 0 Å². The van der Waals surface area contributed by atoms with Gasteiger partial charge in [-0.3, -0.25) is 0 Å². The van der Waals surface area contributed by atoms with Crippen LogP contribution in [0, 0.1) is 5.92 Å². The van der Waals surface area contributed by atoms with Crippen molar-refractivity contribution in [2.45, 2.75) is 20.3 Å². The first-order valence-corrected chi connectivity index (χ1v) is 4.66. The third-order valence-electron chi connectivity index (χ3n) is 1.39. The maximum atomic E-state index is 8.47. The lowest BCUT2D eigenvalue weighted by molar-refractivity contribution is 0.111. The van der Waals surface area contributed by atoms with Gasteiger partial charge in [-0.2, -0.15) is 0 Å². The molecule has 0 saturated carbocycles. The fraction of sp³-hybridized carbons (Fsp3) is 1.00. The zero-order valence-corrected chi connectivity index (χ0v) is 8.18. The first-order chi connectivity index (χ1) is 5.77. The minimum absolute atomic E-state index is 0.264. The predicted molar refractivity (Wildman–Crippen MR) is 50.2 cm³/mol. The summed E-state index contributed by atoms with van der Waals surface area (Å²) in [7, 11) is 0. The van der Waals surface area contributed by atoms with E-state index in [9.17, 15) is 0 Å². The number of hydrogen-bond acceptors (Lipinski definition) is 3. The molecule has 0 unspecified atom stereocenters. The van der Waals surface area contributed by atoms with Crippen LogP contribution in [0.3, 0.4) is 0 Å². The molecule has 12 heavy (non-hydrogen) atoms. The monoisotopic (exact) mass is 175 g/mol. The van der Waals surface area contributed by atoms with Crippen LogP contribution in [-0.2, 0) is 4.74 Å². The average Bonchev–Trinajstić information content (AvgIpc) is 2.02. The number of aliphatic hydroxyl groups is 1. The third-order valence-corrected chi connectivity index (χ3v) is 1.39. The molecule has 0 saturated heterocycles. The van der Waals surface area contributed by atoms with Gasteiger partial charge in [-0.15, -0.1) is 0 Å². The SMILES string of the molecule is CC(C)COCCNCCCO. The van der Waals surface area contributed by atoms with E-state index in [1.165, 1.54) is 0 Å². The summed E-state index contributed by atoms with van der Waals surface area (Å²) in [6.07, 6.45) is 0.824. The van der Waals surface area contributed by atoms with Gasteiger partial charge in [0.05, 0.1) is 6.61 Å². The maximum Gasteiger partial charge on any atom is 0.0591 e. The van der Waals surface area contributed by atoms with Crippen LogP contribution >= 0.6 is 0 Å². The second-order valence-electron chi connectivity index (χ2n) is 3.30. The Labute approximate surface area is 75.1 Å². The van der Waals surface area contributed by atoms with Crippen molar-refractivity contribution in [3.63, 3.8) is 0 Å². The molecular formula is C9H21NO2. The molecule has 0 aromatic carbocycles. The molecule has 2 N–H and O–H groups in total. The van der Waals surface area contributed by atoms with Crippen molar-refractivity contribution in [1.29, 1.82) is 0 Å². The van der Waals surface area contributed by atoms with Gasteiger partial charge in [0.2, 0.25) is 0 Å². The Balaban J connectivity index is 2.82. The molecular weight excluding hydrogens is 154 g/mol. The van der Waals surface area contributed by atoms with E-state index in [0.717, 1.165) is 32.7 Å². The molecule has 0 aromatic rings. The summed E-state index contributed by atoms with van der Waals surface area (Å²) in [6, 6.07) is 0. The van der Waals surface area contributed by atoms with Crippen LogP contribution in [0.2, 0.25) is 0 Å². The molecule has 0 spiro atoms. The largest absolute Gasteiger partial charge is 0.396 e. The second-order valence-corrected chi connectivity index (χ2v) is 3.30. The lowest BCUT2D eigenvalue weighted by Gasteiger charge is -2.07. The zero-order valence-electron chi connectivity index (χ0n) is 8.18. The van der Waals surface area contributed by atoms with Gasteiger partial charge in [0, 0.05) is 19.8 Å². The van der Waals surface area contributed by atoms with Crippen molar-refractivity contribution in [2.24, 2.45) is 5.92 Å². The van der Waals surface area contributed by atoms with Gasteiger partial charge < -0.3 is 15.2 Å². The molecule has 3 heteroatoms. The molecule has 0 aliphatic rings. The first-order valence-electron chi connectivity index (χ1n) is 4.66. The second kappa shape index (κ2) is 8.97. The van der Waals surface area contributed by atoms with Gasteiger partial charge in [-0.05, 0) is 18.9 Å². The van der Waals surface area contributed by atoms with Crippen LogP contribution in [0.1, 0.15) is 20.3 Å². The molecule has 0 bridgehead atoms. The van der Waals surface area contributed by atoms with E-state index in [1.807, 2.05) is 0 Å². The Hall–Kier alpha value is -0.120. The van der Waals surface area contributed by atoms with Crippen LogP contribution in [0.5, 0.6) is 0 Å². The van der Waals surface area contributed by atoms with E-state index in [0.29, 0.717) is 5.92 Å². The lowest BCUT2D eigenvalue weighted by atomic mass is 10.2. The Morgan fingerprint density at radius 2 is 2.08 bits per heavy atom. The van der Waals surface area contributed by atoms with Crippen LogP contribution < -0.4 is 5.32 Å². The molecule has 3 nitrogen and oxygen atoms in total. The van der Waals surface area contributed by atoms with E-state index in [4.69, 9.17) is 9.84 Å². The topological polar surface area (TPSA) is 41.5 Å². The van der Waals surface area contributed by atoms with Crippen molar-refractivity contribution < 1.29 is 9.84 Å². The van der Waals surface area contributed by atoms with Gasteiger partial charge in [0.1, 0.15) is 0 Å². The van der Waals surface area contributed by atoms with E-state index in [1.54, 1.807) is 0 Å². The lowest BCUT2D eigenvalue weighted by Crippen LogP contribution is -2.22. The Morgan fingerprint density at radius 3 is 2.67 bits per heavy atom. The number of aliphatic hydroxyl groups excluding tert-OH is 1. The molecule has 0 atom stereocenters. The molecule has 0 radical (unpaired) electrons. The Kier molecular flexibility index (Phi) is 8.88. The quantitative estimate of drug-likeness (QED) is 0.532. The van der Waals surface area contributed by atoms with Crippen LogP contribution in [-0.4, -0.2) is 38.0 Å². The summed E-state index contributed by atoms with van der Waals surface area (Å²) < 4.78 is 5.35. The fourth-order valence-electron chi connectivity index (χ4n) is 0.792. The number of nitrogens with one attached hydrogen (secondary N) is 1. The average molecular weight is 175 g/mol. The number of rotatable bonds is 8. The summed E-state index contributed by atoms with van der Waals surface area (Å²) in [6.45, 7) is 7.90. The van der Waals surface area contributed by atoms with Crippen LogP contribution in [0.25, 0.3) is 0 Å². The molecule has 0 fully saturated rings. The van der Waals surface area contributed by atoms with Crippen LogP contribution in [0.15, 0.2) is 0 Å². The minimum atomic E-state index is 0.264. The smallest absolute Gasteiger partial charge is 0.0591 e. The van der Waals surface area contributed by atoms with Gasteiger partial charge >= 0.3 is 0 Å². The molecule has 0 amide bonds. The highest BCUT2D eigenvalue weighted by Crippen LogP contribution is 1.90. The number of hydrogen-bond donors (Lipinski definition) is 2. The van der Waals surface area contributed by atoms with Gasteiger partial charge in [-0.1, -0.05) is 13.8 Å². The van der Waals surface area contributed by atoms with E-state index >= 15 is 0 Å². The summed E-state index contributed by atoms with van der Waals surface area (Å²) in [4.78, 5) is 0. The highest BCUT2D eigenvalue weighted by Gasteiger charge is 1.92. The fourth-order valence-corrected chi connectivity index (χ4v) is 0.792. The molecule has 0 aliphatic heterocycles. The predicted octanol–water partition coefficient (Wildman–Crippen LogP) is 0.631. The van der Waals surface area contributed by atoms with E-state index in [2.05, 4.69) is 19.2 Å². The Bertz CT molecular complexity index is 86.6. The molecule has 0 heterocycles. The molecule has 0 aliphatic carbocycles. The van der Waals surface area contributed by atoms with Crippen molar-refractivity contribution in [2.75, 3.05) is 32.9 Å². The number of ether oxygens (including phenoxy) is 1. The van der Waals surface area contributed by atoms with E-state index in [-0.39, 0.29) is 6.61 Å². The summed E-state index contributed by atoms with van der Waals surface area (Å²) in [5, 5.41) is 11.6. The molecule has 0 rings (SSSR count). The summed E-state index contributed by atoms with van der Waals surface area (Å²) in [5.41, 5.74) is 0. The van der Waals surface area contributed by atoms with Crippen LogP contribution in [0.4, 0.5) is 0 Å². The van der Waals surface area contributed by atoms with E-state index < -0.39 is 0 Å². The zero-order chi connectivity index (χ0) is 9.23. The normalized spacial score (nSPS) is 11.0. The third kappa shape index (κ3) is 9.88.